The van der Waals surface area contributed by atoms with Crippen LogP contribution in [0.2, 0.25) is 0 Å². The number of hydrogen-bond donors (Lipinski definition) is 1. The standard InChI is InChI=1S/C13H12O5/c1-3-18-12(14)7-6-9-4-5-10(13(15)16)8-11(9)17-2/h4-5,8H,3H2,1-2H3,(H,15,16). The van der Waals surface area contributed by atoms with Crippen molar-refractivity contribution < 1.29 is 24.2 Å². The highest BCUT2D eigenvalue weighted by atomic mass is 16.5. The Hall–Kier alpha value is -2.48. The van der Waals surface area contributed by atoms with Gasteiger partial charge in [-0.05, 0) is 25.1 Å². The molecule has 0 unspecified atom stereocenters. The molecule has 1 aromatic carbocycles. The summed E-state index contributed by atoms with van der Waals surface area (Å²) in [6, 6.07) is 4.21. The lowest BCUT2D eigenvalue weighted by atomic mass is 10.1. The Morgan fingerprint density at radius 3 is 2.67 bits per heavy atom. The van der Waals surface area contributed by atoms with Crippen LogP contribution in [0.5, 0.6) is 5.75 Å². The smallest absolute Gasteiger partial charge is 0.384 e. The van der Waals surface area contributed by atoms with Crippen LogP contribution in [0.3, 0.4) is 0 Å². The van der Waals surface area contributed by atoms with Gasteiger partial charge in [-0.3, -0.25) is 0 Å². The van der Waals surface area contributed by atoms with Crippen molar-refractivity contribution in [1.29, 1.82) is 0 Å². The van der Waals surface area contributed by atoms with E-state index >= 15 is 0 Å². The van der Waals surface area contributed by atoms with Crippen molar-refractivity contribution in [3.63, 3.8) is 0 Å². The minimum atomic E-state index is -1.06. The average molecular weight is 248 g/mol. The molecule has 1 rings (SSSR count). The molecule has 0 heterocycles. The summed E-state index contributed by atoms with van der Waals surface area (Å²) < 4.78 is 9.66. The van der Waals surface area contributed by atoms with Gasteiger partial charge < -0.3 is 14.6 Å². The summed E-state index contributed by atoms with van der Waals surface area (Å²) in [4.78, 5) is 21.8. The van der Waals surface area contributed by atoms with E-state index in [2.05, 4.69) is 16.6 Å². The molecule has 5 heteroatoms. The molecule has 18 heavy (non-hydrogen) atoms. The molecule has 1 aromatic rings. The van der Waals surface area contributed by atoms with Gasteiger partial charge >= 0.3 is 11.9 Å². The molecule has 0 aliphatic heterocycles. The van der Waals surface area contributed by atoms with Crippen LogP contribution >= 0.6 is 0 Å². The third-order valence-corrected chi connectivity index (χ3v) is 2.02. The molecule has 0 aliphatic rings. The van der Waals surface area contributed by atoms with Crippen LogP contribution < -0.4 is 4.74 Å². The molecule has 0 aromatic heterocycles. The van der Waals surface area contributed by atoms with E-state index in [-0.39, 0.29) is 12.2 Å². The fourth-order valence-corrected chi connectivity index (χ4v) is 1.21. The van der Waals surface area contributed by atoms with E-state index in [1.54, 1.807) is 6.92 Å². The highest BCUT2D eigenvalue weighted by Crippen LogP contribution is 2.19. The van der Waals surface area contributed by atoms with Crippen molar-refractivity contribution in [3.05, 3.63) is 29.3 Å². The third kappa shape index (κ3) is 3.52. The fraction of sp³-hybridized carbons (Fsp3) is 0.231. The minimum absolute atomic E-state index is 0.0912. The van der Waals surface area contributed by atoms with Crippen LogP contribution in [-0.2, 0) is 9.53 Å². The third-order valence-electron chi connectivity index (χ3n) is 2.02. The zero-order valence-corrected chi connectivity index (χ0v) is 10.0. The van der Waals surface area contributed by atoms with Gasteiger partial charge in [-0.1, -0.05) is 5.92 Å². The lowest BCUT2D eigenvalue weighted by Gasteiger charge is -2.04. The van der Waals surface area contributed by atoms with Gasteiger partial charge in [0.15, 0.2) is 0 Å². The Balaban J connectivity index is 3.03. The molecule has 0 radical (unpaired) electrons. The minimum Gasteiger partial charge on any atom is -0.495 e. The maximum atomic E-state index is 11.1. The van der Waals surface area contributed by atoms with E-state index in [1.807, 2.05) is 0 Å². The Bertz CT molecular complexity index is 522. The molecule has 94 valence electrons. The van der Waals surface area contributed by atoms with Gasteiger partial charge in [-0.25, -0.2) is 9.59 Å². The zero-order valence-electron chi connectivity index (χ0n) is 10.0. The molecule has 0 amide bonds. The zero-order chi connectivity index (χ0) is 13.5. The van der Waals surface area contributed by atoms with Gasteiger partial charge in [0, 0.05) is 5.92 Å². The Kier molecular flexibility index (Phi) is 4.76. The van der Waals surface area contributed by atoms with Crippen molar-refractivity contribution in [2.75, 3.05) is 13.7 Å². The number of carboxylic acids is 1. The van der Waals surface area contributed by atoms with Gasteiger partial charge in [0.1, 0.15) is 5.75 Å². The number of ether oxygens (including phenoxy) is 2. The van der Waals surface area contributed by atoms with E-state index in [1.165, 1.54) is 25.3 Å². The predicted molar refractivity (Wildman–Crippen MR) is 63.5 cm³/mol. The van der Waals surface area contributed by atoms with Gasteiger partial charge in [-0.15, -0.1) is 0 Å². The van der Waals surface area contributed by atoms with E-state index in [9.17, 15) is 9.59 Å². The predicted octanol–water partition coefficient (Wildman–Crippen LogP) is 1.31. The summed E-state index contributed by atoms with van der Waals surface area (Å²) in [5.74, 6) is 3.46. The average Bonchev–Trinajstić information content (AvgIpc) is 2.36. The van der Waals surface area contributed by atoms with Gasteiger partial charge in [0.05, 0.1) is 24.8 Å². The first kappa shape index (κ1) is 13.6. The monoisotopic (exact) mass is 248 g/mol. The van der Waals surface area contributed by atoms with Gasteiger partial charge in [0.2, 0.25) is 0 Å². The van der Waals surface area contributed by atoms with E-state index < -0.39 is 11.9 Å². The number of aromatic carboxylic acids is 1. The molecular weight excluding hydrogens is 236 g/mol. The maximum Gasteiger partial charge on any atom is 0.384 e. The highest BCUT2D eigenvalue weighted by Gasteiger charge is 2.07. The van der Waals surface area contributed by atoms with Crippen LogP contribution in [0, 0.1) is 11.8 Å². The Labute approximate surface area is 104 Å². The molecule has 0 spiro atoms. The molecule has 0 bridgehead atoms. The fourth-order valence-electron chi connectivity index (χ4n) is 1.21. The molecule has 0 aliphatic carbocycles. The molecule has 0 saturated heterocycles. The van der Waals surface area contributed by atoms with Crippen LogP contribution in [0.25, 0.3) is 0 Å². The maximum absolute atomic E-state index is 11.1. The first-order chi connectivity index (χ1) is 8.58. The van der Waals surface area contributed by atoms with Crippen molar-refractivity contribution in [3.8, 4) is 17.6 Å². The van der Waals surface area contributed by atoms with Gasteiger partial charge in [0.25, 0.3) is 0 Å². The van der Waals surface area contributed by atoms with Crippen LogP contribution in [0.15, 0.2) is 18.2 Å². The summed E-state index contributed by atoms with van der Waals surface area (Å²) in [5, 5.41) is 8.82. The summed E-state index contributed by atoms with van der Waals surface area (Å²) in [7, 11) is 1.40. The molecule has 0 saturated carbocycles. The lowest BCUT2D eigenvalue weighted by Crippen LogP contribution is -2.00. The van der Waals surface area contributed by atoms with Crippen molar-refractivity contribution in [1.82, 2.24) is 0 Å². The number of carbonyl (C=O) groups is 2. The molecule has 5 nitrogen and oxygen atoms in total. The van der Waals surface area contributed by atoms with E-state index in [4.69, 9.17) is 9.84 Å². The lowest BCUT2D eigenvalue weighted by molar-refractivity contribution is -0.136. The summed E-state index contributed by atoms with van der Waals surface area (Å²) in [6.45, 7) is 1.93. The largest absolute Gasteiger partial charge is 0.495 e. The first-order valence-electron chi connectivity index (χ1n) is 5.18. The van der Waals surface area contributed by atoms with E-state index in [0.29, 0.717) is 11.3 Å². The second-order valence-electron chi connectivity index (χ2n) is 3.19. The molecule has 0 atom stereocenters. The number of carboxylic acid groups (broad SMARTS) is 1. The summed E-state index contributed by atoms with van der Waals surface area (Å²) >= 11 is 0. The number of rotatable bonds is 3. The second kappa shape index (κ2) is 6.30. The SMILES string of the molecule is CCOC(=O)C#Cc1ccc(C(=O)O)cc1OC. The number of esters is 1. The second-order valence-corrected chi connectivity index (χ2v) is 3.19. The highest BCUT2D eigenvalue weighted by molar-refractivity contribution is 5.90. The van der Waals surface area contributed by atoms with Crippen LogP contribution in [0.4, 0.5) is 0 Å². The number of carbonyl (C=O) groups excluding carboxylic acids is 1. The van der Waals surface area contributed by atoms with Crippen LogP contribution in [0.1, 0.15) is 22.8 Å². The van der Waals surface area contributed by atoms with E-state index in [0.717, 1.165) is 0 Å². The van der Waals surface area contributed by atoms with Crippen molar-refractivity contribution in [2.45, 2.75) is 6.92 Å². The molecule has 1 N–H and O–H groups in total. The normalized spacial score (nSPS) is 9.00. The summed E-state index contributed by atoms with van der Waals surface area (Å²) in [6.07, 6.45) is 0. The van der Waals surface area contributed by atoms with Gasteiger partial charge in [-0.2, -0.15) is 0 Å². The summed E-state index contributed by atoms with van der Waals surface area (Å²) in [5.41, 5.74) is 0.518. The Morgan fingerprint density at radius 1 is 1.39 bits per heavy atom. The molecular formula is C13H12O5. The van der Waals surface area contributed by atoms with Crippen molar-refractivity contribution in [2.24, 2.45) is 0 Å². The quantitative estimate of drug-likeness (QED) is 0.645. The number of benzene rings is 1. The number of hydrogen-bond acceptors (Lipinski definition) is 4. The van der Waals surface area contributed by atoms with Crippen LogP contribution in [-0.4, -0.2) is 30.8 Å². The Morgan fingerprint density at radius 2 is 2.11 bits per heavy atom. The number of methoxy groups -OCH3 is 1. The molecule has 0 fully saturated rings. The first-order valence-corrected chi connectivity index (χ1v) is 5.18. The topological polar surface area (TPSA) is 72.8 Å². The van der Waals surface area contributed by atoms with Crippen molar-refractivity contribution >= 4 is 11.9 Å².